The van der Waals surface area contributed by atoms with Crippen molar-refractivity contribution in [3.63, 3.8) is 0 Å². The molecule has 3 nitrogen and oxygen atoms in total. The van der Waals surface area contributed by atoms with E-state index in [0.717, 1.165) is 5.92 Å². The fourth-order valence-corrected chi connectivity index (χ4v) is 2.27. The van der Waals surface area contributed by atoms with E-state index < -0.39 is 0 Å². The van der Waals surface area contributed by atoms with Crippen LogP contribution >= 0.6 is 0 Å². The molecule has 1 aromatic carbocycles. The lowest BCUT2D eigenvalue weighted by atomic mass is 10.0. The average molecular weight is 261 g/mol. The molecule has 1 fully saturated rings. The fraction of sp³-hybridized carbons (Fsp3) is 0.562. The van der Waals surface area contributed by atoms with E-state index in [4.69, 9.17) is 4.74 Å². The number of rotatable bonds is 6. The zero-order chi connectivity index (χ0) is 13.8. The molecule has 2 rings (SSSR count). The summed E-state index contributed by atoms with van der Waals surface area (Å²) in [7, 11) is 1.43. The maximum Gasteiger partial charge on any atom is 0.323 e. The summed E-state index contributed by atoms with van der Waals surface area (Å²) in [4.78, 5) is 11.6. The summed E-state index contributed by atoms with van der Waals surface area (Å²) < 4.78 is 4.82. The molecule has 1 atom stereocenters. The highest BCUT2D eigenvalue weighted by molar-refractivity contribution is 5.75. The number of benzene rings is 1. The van der Waals surface area contributed by atoms with Gasteiger partial charge in [-0.15, -0.1) is 0 Å². The predicted molar refractivity (Wildman–Crippen MR) is 75.9 cm³/mol. The molecule has 0 radical (unpaired) electrons. The maximum absolute atomic E-state index is 11.6. The molecule has 1 aliphatic rings. The van der Waals surface area contributed by atoms with Gasteiger partial charge in [-0.3, -0.25) is 4.79 Å². The summed E-state index contributed by atoms with van der Waals surface area (Å²) in [6.45, 7) is 4.73. The van der Waals surface area contributed by atoms with Crippen molar-refractivity contribution in [1.29, 1.82) is 0 Å². The first-order valence-corrected chi connectivity index (χ1v) is 7.02. The van der Waals surface area contributed by atoms with Gasteiger partial charge in [0.15, 0.2) is 0 Å². The van der Waals surface area contributed by atoms with Gasteiger partial charge >= 0.3 is 5.97 Å². The lowest BCUT2D eigenvalue weighted by Crippen LogP contribution is -2.41. The van der Waals surface area contributed by atoms with Crippen LogP contribution in [0.4, 0.5) is 0 Å². The Morgan fingerprint density at radius 1 is 1.32 bits per heavy atom. The van der Waals surface area contributed by atoms with Gasteiger partial charge in [0.1, 0.15) is 6.04 Å². The summed E-state index contributed by atoms with van der Waals surface area (Å²) in [5.41, 5.74) is 2.65. The van der Waals surface area contributed by atoms with Crippen molar-refractivity contribution >= 4 is 5.97 Å². The normalized spacial score (nSPS) is 16.4. The molecule has 1 unspecified atom stereocenters. The molecule has 1 aromatic rings. The van der Waals surface area contributed by atoms with E-state index in [1.807, 2.05) is 13.8 Å². The largest absolute Gasteiger partial charge is 0.468 e. The number of carbonyl (C=O) groups is 1. The number of hydrogen-bond acceptors (Lipinski definition) is 3. The first-order valence-electron chi connectivity index (χ1n) is 7.02. The summed E-state index contributed by atoms with van der Waals surface area (Å²) in [6.07, 6.45) is 2.66. The first kappa shape index (κ1) is 14.1. The second kappa shape index (κ2) is 6.20. The Bertz CT molecular complexity index is 421. The molecule has 0 aliphatic heterocycles. The molecule has 104 valence electrons. The molecule has 0 heterocycles. The molecular weight excluding hydrogens is 238 g/mol. The van der Waals surface area contributed by atoms with E-state index in [2.05, 4.69) is 29.6 Å². The second-order valence-electron chi connectivity index (χ2n) is 5.64. The average Bonchev–Trinajstić information content (AvgIpc) is 3.23. The van der Waals surface area contributed by atoms with Gasteiger partial charge in [-0.25, -0.2) is 0 Å². The standard InChI is InChI=1S/C16H23NO2/c1-11(2)15(16(18)19-3)17-10-12-4-6-13(7-5-12)14-8-9-14/h4-7,11,14-15,17H,8-10H2,1-3H3. The number of hydrogen-bond donors (Lipinski definition) is 1. The minimum atomic E-state index is -0.242. The van der Waals surface area contributed by atoms with Crippen LogP contribution in [0.3, 0.4) is 0 Å². The number of methoxy groups -OCH3 is 1. The van der Waals surface area contributed by atoms with Crippen molar-refractivity contribution in [1.82, 2.24) is 5.32 Å². The summed E-state index contributed by atoms with van der Waals surface area (Å²) >= 11 is 0. The van der Waals surface area contributed by atoms with Crippen LogP contribution in [0.25, 0.3) is 0 Å². The van der Waals surface area contributed by atoms with Gasteiger partial charge in [0.2, 0.25) is 0 Å². The summed E-state index contributed by atoms with van der Waals surface area (Å²) in [6, 6.07) is 8.46. The van der Waals surface area contributed by atoms with Crippen molar-refractivity contribution in [2.75, 3.05) is 7.11 Å². The third-order valence-electron chi connectivity index (χ3n) is 3.68. The highest BCUT2D eigenvalue weighted by Gasteiger charge is 2.24. The Morgan fingerprint density at radius 2 is 1.95 bits per heavy atom. The monoisotopic (exact) mass is 261 g/mol. The smallest absolute Gasteiger partial charge is 0.323 e. The van der Waals surface area contributed by atoms with E-state index in [9.17, 15) is 4.79 Å². The molecule has 0 spiro atoms. The number of carbonyl (C=O) groups excluding carboxylic acids is 1. The number of esters is 1. The third kappa shape index (κ3) is 3.80. The van der Waals surface area contributed by atoms with Gasteiger partial charge in [0.05, 0.1) is 7.11 Å². The van der Waals surface area contributed by atoms with E-state index in [-0.39, 0.29) is 17.9 Å². The van der Waals surface area contributed by atoms with Crippen LogP contribution in [-0.4, -0.2) is 19.1 Å². The van der Waals surface area contributed by atoms with Crippen LogP contribution in [0.5, 0.6) is 0 Å². The maximum atomic E-state index is 11.6. The topological polar surface area (TPSA) is 38.3 Å². The lowest BCUT2D eigenvalue weighted by molar-refractivity contribution is -0.144. The molecule has 0 amide bonds. The van der Waals surface area contributed by atoms with Gasteiger partial charge in [0.25, 0.3) is 0 Å². The lowest BCUT2D eigenvalue weighted by Gasteiger charge is -2.19. The zero-order valence-corrected chi connectivity index (χ0v) is 12.0. The van der Waals surface area contributed by atoms with E-state index in [1.54, 1.807) is 0 Å². The second-order valence-corrected chi connectivity index (χ2v) is 5.64. The van der Waals surface area contributed by atoms with Crippen LogP contribution in [-0.2, 0) is 16.1 Å². The predicted octanol–water partition coefficient (Wildman–Crippen LogP) is 2.85. The van der Waals surface area contributed by atoms with Crippen LogP contribution in [0.1, 0.15) is 43.7 Å². The van der Waals surface area contributed by atoms with Crippen molar-refractivity contribution < 1.29 is 9.53 Å². The van der Waals surface area contributed by atoms with E-state index in [1.165, 1.54) is 31.1 Å². The Hall–Kier alpha value is -1.35. The van der Waals surface area contributed by atoms with Gasteiger partial charge in [-0.2, -0.15) is 0 Å². The van der Waals surface area contributed by atoms with Crippen molar-refractivity contribution in [2.45, 2.75) is 45.2 Å². The van der Waals surface area contributed by atoms with Gasteiger partial charge in [0, 0.05) is 6.54 Å². The van der Waals surface area contributed by atoms with Crippen LogP contribution in [0.2, 0.25) is 0 Å². The van der Waals surface area contributed by atoms with E-state index in [0.29, 0.717) is 6.54 Å². The molecular formula is C16H23NO2. The molecule has 0 bridgehead atoms. The first-order chi connectivity index (χ1) is 9.11. The molecule has 1 aliphatic carbocycles. The zero-order valence-electron chi connectivity index (χ0n) is 12.0. The fourth-order valence-electron chi connectivity index (χ4n) is 2.27. The van der Waals surface area contributed by atoms with Gasteiger partial charge < -0.3 is 10.1 Å². The number of ether oxygens (including phenoxy) is 1. The molecule has 0 aromatic heterocycles. The Balaban J connectivity index is 1.90. The Morgan fingerprint density at radius 3 is 2.42 bits per heavy atom. The van der Waals surface area contributed by atoms with Crippen LogP contribution in [0, 0.1) is 5.92 Å². The van der Waals surface area contributed by atoms with Gasteiger partial charge in [-0.1, -0.05) is 38.1 Å². The van der Waals surface area contributed by atoms with Crippen molar-refractivity contribution in [3.8, 4) is 0 Å². The summed E-state index contributed by atoms with van der Waals surface area (Å²) in [5, 5.41) is 3.28. The molecule has 19 heavy (non-hydrogen) atoms. The van der Waals surface area contributed by atoms with Crippen LogP contribution < -0.4 is 5.32 Å². The third-order valence-corrected chi connectivity index (χ3v) is 3.68. The van der Waals surface area contributed by atoms with Crippen molar-refractivity contribution in [3.05, 3.63) is 35.4 Å². The molecule has 0 saturated heterocycles. The Kier molecular flexibility index (Phi) is 4.59. The quantitative estimate of drug-likeness (QED) is 0.800. The highest BCUT2D eigenvalue weighted by Crippen LogP contribution is 2.39. The highest BCUT2D eigenvalue weighted by atomic mass is 16.5. The van der Waals surface area contributed by atoms with Crippen LogP contribution in [0.15, 0.2) is 24.3 Å². The van der Waals surface area contributed by atoms with Gasteiger partial charge in [-0.05, 0) is 35.8 Å². The molecule has 1 N–H and O–H groups in total. The SMILES string of the molecule is COC(=O)C(NCc1ccc(C2CC2)cc1)C(C)C. The number of nitrogens with one attached hydrogen (secondary N) is 1. The molecule has 1 saturated carbocycles. The van der Waals surface area contributed by atoms with Crippen molar-refractivity contribution in [2.24, 2.45) is 5.92 Å². The minimum absolute atomic E-state index is 0.190. The molecule has 3 heteroatoms. The Labute approximate surface area is 115 Å². The van der Waals surface area contributed by atoms with E-state index >= 15 is 0 Å². The minimum Gasteiger partial charge on any atom is -0.468 e. The summed E-state index contributed by atoms with van der Waals surface area (Å²) in [5.74, 6) is 0.822.